The Morgan fingerprint density at radius 2 is 1.70 bits per heavy atom. The topological polar surface area (TPSA) is 29.5 Å². The number of ether oxygens (including phenoxy) is 1. The van der Waals surface area contributed by atoms with Crippen molar-refractivity contribution in [2.75, 3.05) is 11.9 Å². The summed E-state index contributed by atoms with van der Waals surface area (Å²) >= 11 is 0. The van der Waals surface area contributed by atoms with Crippen LogP contribution in [0.3, 0.4) is 0 Å². The van der Waals surface area contributed by atoms with Crippen molar-refractivity contribution in [3.63, 3.8) is 0 Å². The summed E-state index contributed by atoms with van der Waals surface area (Å²) in [5.74, 6) is 1.08. The number of hydrogen-bond acceptors (Lipinski definition) is 2. The van der Waals surface area contributed by atoms with Gasteiger partial charge >= 0.3 is 0 Å². The molecule has 0 aliphatic heterocycles. The van der Waals surface area contributed by atoms with Gasteiger partial charge in [0.25, 0.3) is 5.91 Å². The van der Waals surface area contributed by atoms with Crippen LogP contribution in [0.4, 0.5) is 5.69 Å². The third kappa shape index (κ3) is 4.13. The molecule has 122 valence electrons. The van der Waals surface area contributed by atoms with Crippen LogP contribution in [0.15, 0.2) is 48.5 Å². The lowest BCUT2D eigenvalue weighted by Crippen LogP contribution is -2.38. The molecular weight excluding hydrogens is 286 g/mol. The number of benzene rings is 2. The molecule has 0 fully saturated rings. The highest BCUT2D eigenvalue weighted by atomic mass is 16.5. The highest BCUT2D eigenvalue weighted by molar-refractivity contribution is 5.96. The molecule has 0 aliphatic rings. The van der Waals surface area contributed by atoms with Gasteiger partial charge < -0.3 is 9.64 Å². The molecule has 2 aromatic carbocycles. The zero-order valence-corrected chi connectivity index (χ0v) is 14.5. The zero-order chi connectivity index (χ0) is 17.0. The normalized spacial score (nSPS) is 12.1. The first-order valence-corrected chi connectivity index (χ1v) is 8.00. The molecule has 2 rings (SSSR count). The number of nitrogens with zero attached hydrogens (tertiary/aromatic N) is 1. The van der Waals surface area contributed by atoms with E-state index in [1.54, 1.807) is 18.9 Å². The Morgan fingerprint density at radius 1 is 1.04 bits per heavy atom. The average molecular weight is 311 g/mol. The predicted molar refractivity (Wildman–Crippen MR) is 95.2 cm³/mol. The summed E-state index contributed by atoms with van der Waals surface area (Å²) in [5.41, 5.74) is 3.11. The average Bonchev–Trinajstić information content (AvgIpc) is 2.54. The van der Waals surface area contributed by atoms with Gasteiger partial charge in [0.05, 0.1) is 0 Å². The fourth-order valence-electron chi connectivity index (χ4n) is 2.51. The molecule has 0 aromatic heterocycles. The van der Waals surface area contributed by atoms with E-state index >= 15 is 0 Å². The van der Waals surface area contributed by atoms with Crippen LogP contribution in [0.2, 0.25) is 0 Å². The second kappa shape index (κ2) is 7.32. The van der Waals surface area contributed by atoms with Crippen LogP contribution in [0.5, 0.6) is 5.75 Å². The van der Waals surface area contributed by atoms with Crippen molar-refractivity contribution in [2.45, 2.75) is 39.7 Å². The van der Waals surface area contributed by atoms with Gasteiger partial charge in [-0.1, -0.05) is 44.2 Å². The Bertz CT molecular complexity index is 665. The van der Waals surface area contributed by atoms with Gasteiger partial charge in [-0.25, -0.2) is 0 Å². The molecular formula is C20H25NO2. The molecule has 0 saturated heterocycles. The Labute approximate surface area is 138 Å². The van der Waals surface area contributed by atoms with E-state index in [4.69, 9.17) is 4.74 Å². The van der Waals surface area contributed by atoms with Crippen molar-refractivity contribution in [3.8, 4) is 5.75 Å². The van der Waals surface area contributed by atoms with E-state index in [2.05, 4.69) is 26.0 Å². The lowest BCUT2D eigenvalue weighted by atomic mass is 10.0. The van der Waals surface area contributed by atoms with Crippen molar-refractivity contribution in [1.82, 2.24) is 0 Å². The minimum Gasteiger partial charge on any atom is -0.481 e. The molecule has 1 atom stereocenters. The fraction of sp³-hybridized carbons (Fsp3) is 0.350. The van der Waals surface area contributed by atoms with Gasteiger partial charge in [0.1, 0.15) is 5.75 Å². The van der Waals surface area contributed by atoms with Gasteiger partial charge in [-0.2, -0.15) is 0 Å². The molecule has 3 heteroatoms. The summed E-state index contributed by atoms with van der Waals surface area (Å²) in [7, 11) is 1.77. The van der Waals surface area contributed by atoms with E-state index in [1.807, 2.05) is 43.3 Å². The van der Waals surface area contributed by atoms with Crippen LogP contribution in [-0.2, 0) is 4.79 Å². The predicted octanol–water partition coefficient (Wildman–Crippen LogP) is 4.55. The van der Waals surface area contributed by atoms with Crippen LogP contribution < -0.4 is 9.64 Å². The third-order valence-corrected chi connectivity index (χ3v) is 3.92. The minimum absolute atomic E-state index is 0.0626. The molecule has 0 aliphatic carbocycles. The molecule has 0 saturated carbocycles. The molecule has 0 radical (unpaired) electrons. The van der Waals surface area contributed by atoms with Crippen LogP contribution in [0.25, 0.3) is 0 Å². The molecule has 0 heterocycles. The SMILES string of the molecule is Cc1ccc(C(C)C)c(O[C@H](C)C(=O)N(C)c2ccccc2)c1. The van der Waals surface area contributed by atoms with Crippen LogP contribution >= 0.6 is 0 Å². The van der Waals surface area contributed by atoms with Crippen LogP contribution in [-0.4, -0.2) is 19.1 Å². The summed E-state index contributed by atoms with van der Waals surface area (Å²) in [6, 6.07) is 15.8. The van der Waals surface area contributed by atoms with Crippen molar-refractivity contribution in [2.24, 2.45) is 0 Å². The Hall–Kier alpha value is -2.29. The van der Waals surface area contributed by atoms with E-state index in [9.17, 15) is 4.79 Å². The first-order chi connectivity index (χ1) is 10.9. The Morgan fingerprint density at radius 3 is 2.30 bits per heavy atom. The summed E-state index contributed by atoms with van der Waals surface area (Å²) in [6.07, 6.45) is -0.542. The van der Waals surface area contributed by atoms with E-state index in [0.717, 1.165) is 22.6 Å². The first kappa shape index (κ1) is 17.1. The standard InChI is InChI=1S/C20H25NO2/c1-14(2)18-12-11-15(3)13-19(18)23-16(4)20(22)21(5)17-9-7-6-8-10-17/h6-14,16H,1-5H3/t16-/m1/s1. The number of carbonyl (C=O) groups is 1. The molecule has 0 N–H and O–H groups in total. The van der Waals surface area contributed by atoms with Gasteiger partial charge in [-0.15, -0.1) is 0 Å². The van der Waals surface area contributed by atoms with E-state index in [-0.39, 0.29) is 5.91 Å². The molecule has 1 amide bonds. The maximum atomic E-state index is 12.6. The molecule has 23 heavy (non-hydrogen) atoms. The monoisotopic (exact) mass is 311 g/mol. The van der Waals surface area contributed by atoms with E-state index in [0.29, 0.717) is 5.92 Å². The van der Waals surface area contributed by atoms with Gasteiger partial charge in [0.2, 0.25) is 0 Å². The maximum Gasteiger partial charge on any atom is 0.267 e. The molecule has 0 spiro atoms. The van der Waals surface area contributed by atoms with Crippen LogP contribution in [0, 0.1) is 6.92 Å². The molecule has 0 unspecified atom stereocenters. The number of rotatable bonds is 5. The van der Waals surface area contributed by atoms with Crippen molar-refractivity contribution in [1.29, 1.82) is 0 Å². The fourth-order valence-corrected chi connectivity index (χ4v) is 2.51. The first-order valence-electron chi connectivity index (χ1n) is 8.00. The second-order valence-electron chi connectivity index (χ2n) is 6.19. The number of likely N-dealkylation sites (N-methyl/N-ethyl adjacent to an activating group) is 1. The Kier molecular flexibility index (Phi) is 5.43. The van der Waals surface area contributed by atoms with Crippen molar-refractivity contribution >= 4 is 11.6 Å². The summed E-state index contributed by atoms with van der Waals surface area (Å²) in [5, 5.41) is 0. The highest BCUT2D eigenvalue weighted by Gasteiger charge is 2.21. The number of amides is 1. The number of para-hydroxylation sites is 1. The summed E-state index contributed by atoms with van der Waals surface area (Å²) in [6.45, 7) is 8.08. The Balaban J connectivity index is 2.17. The molecule has 0 bridgehead atoms. The van der Waals surface area contributed by atoms with Gasteiger partial charge in [0.15, 0.2) is 6.10 Å². The summed E-state index contributed by atoms with van der Waals surface area (Å²) in [4.78, 5) is 14.2. The third-order valence-electron chi connectivity index (χ3n) is 3.92. The lowest BCUT2D eigenvalue weighted by Gasteiger charge is -2.24. The van der Waals surface area contributed by atoms with Crippen LogP contribution in [0.1, 0.15) is 37.8 Å². The largest absolute Gasteiger partial charge is 0.481 e. The zero-order valence-electron chi connectivity index (χ0n) is 14.5. The van der Waals surface area contributed by atoms with E-state index in [1.165, 1.54) is 0 Å². The maximum absolute atomic E-state index is 12.6. The second-order valence-corrected chi connectivity index (χ2v) is 6.19. The lowest BCUT2D eigenvalue weighted by molar-refractivity contribution is -0.124. The molecule has 3 nitrogen and oxygen atoms in total. The number of carbonyl (C=O) groups excluding carboxylic acids is 1. The van der Waals surface area contributed by atoms with Gasteiger partial charge in [-0.05, 0) is 49.1 Å². The van der Waals surface area contributed by atoms with Gasteiger partial charge in [0, 0.05) is 12.7 Å². The number of anilines is 1. The van der Waals surface area contributed by atoms with Crippen molar-refractivity contribution < 1.29 is 9.53 Å². The summed E-state index contributed by atoms with van der Waals surface area (Å²) < 4.78 is 6.00. The smallest absolute Gasteiger partial charge is 0.267 e. The quantitative estimate of drug-likeness (QED) is 0.811. The molecule has 2 aromatic rings. The van der Waals surface area contributed by atoms with E-state index < -0.39 is 6.10 Å². The highest BCUT2D eigenvalue weighted by Crippen LogP contribution is 2.28. The number of hydrogen-bond donors (Lipinski definition) is 0. The van der Waals surface area contributed by atoms with Gasteiger partial charge in [-0.3, -0.25) is 4.79 Å². The minimum atomic E-state index is -0.542. The van der Waals surface area contributed by atoms with Crippen molar-refractivity contribution in [3.05, 3.63) is 59.7 Å². The number of aryl methyl sites for hydroxylation is 1.